The van der Waals surface area contributed by atoms with E-state index in [2.05, 4.69) is 0 Å². The zero-order chi connectivity index (χ0) is 15.2. The Balaban J connectivity index is 0.00000242. The first-order valence-electron chi connectivity index (χ1n) is 6.37. The number of ketones is 2. The smallest absolute Gasteiger partial charge is 1.00 e. The van der Waals surface area contributed by atoms with Crippen LogP contribution in [-0.4, -0.2) is 11.6 Å². The standard InChI is InChI=1S/2C8H8O2.2ClH.Zr/c2*1-6(9)7-3-2-4-8(10)5-7;;;/h2*2-5,10H,1H3;2*1H;/q;;;;+4/p-4. The van der Waals surface area contributed by atoms with Gasteiger partial charge in [-0.25, -0.2) is 0 Å². The summed E-state index contributed by atoms with van der Waals surface area (Å²) in [7, 11) is 0. The Morgan fingerprint density at radius 1 is 0.783 bits per heavy atom. The van der Waals surface area contributed by atoms with E-state index in [9.17, 15) is 9.59 Å². The first-order chi connectivity index (χ1) is 10.1. The van der Waals surface area contributed by atoms with Crippen LogP contribution in [0.5, 0.6) is 11.5 Å². The minimum atomic E-state index is -1.58. The summed E-state index contributed by atoms with van der Waals surface area (Å²) in [5, 5.41) is 0. The fourth-order valence-electron chi connectivity index (χ4n) is 1.67. The number of carbonyl (C=O) groups is 2. The third-order valence-electron chi connectivity index (χ3n) is 2.80. The van der Waals surface area contributed by atoms with Crippen LogP contribution < -0.4 is 30.4 Å². The summed E-state index contributed by atoms with van der Waals surface area (Å²) < 4.78 is 11.2. The molecule has 4 nitrogen and oxygen atoms in total. The van der Waals surface area contributed by atoms with Crippen LogP contribution in [0.15, 0.2) is 48.5 Å². The van der Waals surface area contributed by atoms with Gasteiger partial charge in [-0.15, -0.1) is 0 Å². The van der Waals surface area contributed by atoms with Gasteiger partial charge in [0, 0.05) is 0 Å². The summed E-state index contributed by atoms with van der Waals surface area (Å²) in [6, 6.07) is 14.1. The van der Waals surface area contributed by atoms with E-state index in [1.165, 1.54) is 13.8 Å². The van der Waals surface area contributed by atoms with Gasteiger partial charge in [0.15, 0.2) is 0 Å². The molecule has 7 heteroatoms. The maximum absolute atomic E-state index is 11.3. The number of carbonyl (C=O) groups excluding carboxylic acids is 2. The Morgan fingerprint density at radius 3 is 1.52 bits per heavy atom. The zero-order valence-electron chi connectivity index (χ0n) is 12.5. The first-order valence-corrected chi connectivity index (χ1v) is 8.37. The molecule has 0 spiro atoms. The summed E-state index contributed by atoms with van der Waals surface area (Å²) >= 11 is -1.58. The van der Waals surface area contributed by atoms with E-state index in [4.69, 9.17) is 5.63 Å². The molecule has 2 aromatic rings. The number of hydrogen-bond acceptors (Lipinski definition) is 4. The SMILES string of the molecule is CC(=O)c1cccc([O][Zr+2][O]c2cccc(C(C)=O)c2)c1.[Cl-].[Cl-]. The molecule has 0 aromatic heterocycles. The number of rotatable bonds is 6. The number of halogens is 2. The van der Waals surface area contributed by atoms with Crippen LogP contribution in [0.1, 0.15) is 34.6 Å². The van der Waals surface area contributed by atoms with Gasteiger partial charge in [-0.05, 0) is 0 Å². The van der Waals surface area contributed by atoms with Crippen LogP contribution in [-0.2, 0) is 24.1 Å². The fourth-order valence-corrected chi connectivity index (χ4v) is 2.87. The molecule has 120 valence electrons. The maximum Gasteiger partial charge on any atom is -1.00 e. The van der Waals surface area contributed by atoms with Gasteiger partial charge in [0.2, 0.25) is 0 Å². The maximum atomic E-state index is 11.3. The van der Waals surface area contributed by atoms with Gasteiger partial charge in [-0.2, -0.15) is 0 Å². The Hall–Kier alpha value is -1.16. The van der Waals surface area contributed by atoms with Crippen LogP contribution in [0.3, 0.4) is 0 Å². The average molecular weight is 432 g/mol. The molecule has 23 heavy (non-hydrogen) atoms. The van der Waals surface area contributed by atoms with Crippen molar-refractivity contribution in [2.75, 3.05) is 0 Å². The van der Waals surface area contributed by atoms with Crippen molar-refractivity contribution >= 4 is 11.6 Å². The summed E-state index contributed by atoms with van der Waals surface area (Å²) in [6.45, 7) is 3.03. The topological polar surface area (TPSA) is 52.6 Å². The van der Waals surface area contributed by atoms with Crippen molar-refractivity contribution in [1.29, 1.82) is 0 Å². The second-order valence-corrected chi connectivity index (χ2v) is 5.87. The third-order valence-corrected chi connectivity index (χ3v) is 4.37. The van der Waals surface area contributed by atoms with E-state index in [1.54, 1.807) is 48.5 Å². The quantitative estimate of drug-likeness (QED) is 0.473. The number of benzene rings is 2. The van der Waals surface area contributed by atoms with Crippen LogP contribution in [0.25, 0.3) is 0 Å². The van der Waals surface area contributed by atoms with Crippen LogP contribution >= 0.6 is 0 Å². The van der Waals surface area contributed by atoms with Crippen molar-refractivity contribution < 1.29 is 64.1 Å². The monoisotopic (exact) mass is 430 g/mol. The van der Waals surface area contributed by atoms with Gasteiger partial charge < -0.3 is 24.8 Å². The van der Waals surface area contributed by atoms with E-state index in [0.717, 1.165) is 0 Å². The largest absolute Gasteiger partial charge is 1.00 e. The van der Waals surface area contributed by atoms with E-state index in [0.29, 0.717) is 22.6 Å². The number of hydrogen-bond donors (Lipinski definition) is 0. The molecule has 0 aliphatic rings. The summed E-state index contributed by atoms with van der Waals surface area (Å²) in [5.41, 5.74) is 1.23. The predicted molar refractivity (Wildman–Crippen MR) is 74.1 cm³/mol. The molecular formula is C16H14Cl2O4Zr. The van der Waals surface area contributed by atoms with Gasteiger partial charge in [0.05, 0.1) is 0 Å². The van der Waals surface area contributed by atoms with E-state index in [1.807, 2.05) is 0 Å². The van der Waals surface area contributed by atoms with Crippen molar-refractivity contribution in [1.82, 2.24) is 0 Å². The first kappa shape index (κ1) is 21.8. The Kier molecular flexibility index (Phi) is 10.1. The van der Waals surface area contributed by atoms with E-state index in [-0.39, 0.29) is 36.4 Å². The molecule has 0 radical (unpaired) electrons. The van der Waals surface area contributed by atoms with Gasteiger partial charge in [0.25, 0.3) is 0 Å². The fraction of sp³-hybridized carbons (Fsp3) is 0.125. The van der Waals surface area contributed by atoms with Crippen molar-refractivity contribution in [3.63, 3.8) is 0 Å². The minimum Gasteiger partial charge on any atom is -1.00 e. The molecule has 0 saturated heterocycles. The molecule has 0 fully saturated rings. The second-order valence-electron chi connectivity index (χ2n) is 4.46. The predicted octanol–water partition coefficient (Wildman–Crippen LogP) is -2.53. The number of Topliss-reactive ketones (excluding diaryl/α,β-unsaturated/α-hetero) is 2. The Bertz CT molecular complexity index is 619. The third kappa shape index (κ3) is 6.86. The van der Waals surface area contributed by atoms with Crippen molar-refractivity contribution in [3.05, 3.63) is 59.7 Å². The zero-order valence-corrected chi connectivity index (χ0v) is 16.5. The normalized spacial score (nSPS) is 8.78. The summed E-state index contributed by atoms with van der Waals surface area (Å²) in [4.78, 5) is 22.6. The van der Waals surface area contributed by atoms with Gasteiger partial charge in [0.1, 0.15) is 0 Å². The van der Waals surface area contributed by atoms with Gasteiger partial charge in [-0.3, -0.25) is 0 Å². The van der Waals surface area contributed by atoms with Crippen molar-refractivity contribution in [2.24, 2.45) is 0 Å². The molecule has 0 bridgehead atoms. The van der Waals surface area contributed by atoms with E-state index >= 15 is 0 Å². The van der Waals surface area contributed by atoms with E-state index < -0.39 is 24.1 Å². The molecule has 0 heterocycles. The Morgan fingerprint density at radius 2 is 1.17 bits per heavy atom. The molecule has 2 rings (SSSR count). The second kappa shape index (κ2) is 10.6. The molecule has 0 amide bonds. The molecule has 0 atom stereocenters. The van der Waals surface area contributed by atoms with Gasteiger partial charge in [-0.1, -0.05) is 0 Å². The van der Waals surface area contributed by atoms with Crippen LogP contribution in [0.4, 0.5) is 0 Å². The molecule has 0 aliphatic carbocycles. The molecule has 0 aliphatic heterocycles. The van der Waals surface area contributed by atoms with Crippen LogP contribution in [0, 0.1) is 0 Å². The summed E-state index contributed by atoms with van der Waals surface area (Å²) in [6.07, 6.45) is 0. The van der Waals surface area contributed by atoms with Gasteiger partial charge >= 0.3 is 136 Å². The minimum absolute atomic E-state index is 0. The molecule has 2 aromatic carbocycles. The molecular weight excluding hydrogens is 418 g/mol. The summed E-state index contributed by atoms with van der Waals surface area (Å²) in [5.74, 6) is 1.27. The van der Waals surface area contributed by atoms with Crippen LogP contribution in [0.2, 0.25) is 0 Å². The van der Waals surface area contributed by atoms with Crippen molar-refractivity contribution in [2.45, 2.75) is 13.8 Å². The Labute approximate surface area is 160 Å². The molecule has 0 N–H and O–H groups in total. The molecule has 0 saturated carbocycles. The average Bonchev–Trinajstić information content (AvgIpc) is 2.48. The molecule has 0 unspecified atom stereocenters. The van der Waals surface area contributed by atoms with Crippen molar-refractivity contribution in [3.8, 4) is 11.5 Å².